The summed E-state index contributed by atoms with van der Waals surface area (Å²) in [6, 6.07) is 5.38. The van der Waals surface area contributed by atoms with E-state index in [9.17, 15) is 9.59 Å². The summed E-state index contributed by atoms with van der Waals surface area (Å²) >= 11 is 0. The van der Waals surface area contributed by atoms with Crippen molar-refractivity contribution in [1.29, 1.82) is 0 Å². The van der Waals surface area contributed by atoms with E-state index in [1.807, 2.05) is 6.07 Å². The highest BCUT2D eigenvalue weighted by Gasteiger charge is 2.42. The van der Waals surface area contributed by atoms with Crippen LogP contribution < -0.4 is 20.5 Å². The molecule has 1 fully saturated rings. The Morgan fingerprint density at radius 1 is 1.18 bits per heavy atom. The first-order valence-electron chi connectivity index (χ1n) is 6.78. The zero-order valence-corrected chi connectivity index (χ0v) is 11.4. The van der Waals surface area contributed by atoms with Gasteiger partial charge in [0.1, 0.15) is 11.8 Å². The van der Waals surface area contributed by atoms with Crippen LogP contribution in [0.4, 0.5) is 0 Å². The van der Waals surface area contributed by atoms with E-state index in [-0.39, 0.29) is 36.8 Å². The molecular weight excluding hydrogens is 288 g/mol. The van der Waals surface area contributed by atoms with Crippen molar-refractivity contribution in [3.63, 3.8) is 0 Å². The van der Waals surface area contributed by atoms with Gasteiger partial charge in [-0.15, -0.1) is 0 Å². The molecule has 112 valence electrons. The Kier molecular flexibility index (Phi) is 2.65. The molecule has 2 amide bonds. The van der Waals surface area contributed by atoms with Gasteiger partial charge in [-0.3, -0.25) is 9.59 Å². The molecule has 0 aliphatic carbocycles. The number of fused-ring (bicyclic) bond motifs is 2. The zero-order chi connectivity index (χ0) is 15.3. The molecule has 2 unspecified atom stereocenters. The average Bonchev–Trinajstić information content (AvgIpc) is 2.92. The van der Waals surface area contributed by atoms with Crippen LogP contribution in [-0.2, 0) is 9.59 Å². The van der Waals surface area contributed by atoms with Crippen LogP contribution in [0.2, 0.25) is 0 Å². The topological polar surface area (TPSA) is 115 Å². The summed E-state index contributed by atoms with van der Waals surface area (Å²) in [6.07, 6.45) is 0.171. The van der Waals surface area contributed by atoms with Crippen LogP contribution >= 0.6 is 0 Å². The average molecular weight is 300 g/mol. The molecule has 2 atom stereocenters. The molecule has 22 heavy (non-hydrogen) atoms. The van der Waals surface area contributed by atoms with Crippen LogP contribution in [0.25, 0.3) is 0 Å². The first-order chi connectivity index (χ1) is 10.6. The molecule has 3 aliphatic heterocycles. The van der Waals surface area contributed by atoms with Gasteiger partial charge in [0.05, 0.1) is 0 Å². The molecule has 4 rings (SSSR count). The number of ether oxygens (including phenoxy) is 2. The highest BCUT2D eigenvalue weighted by molar-refractivity contribution is 6.19. The Labute approximate surface area is 125 Å². The van der Waals surface area contributed by atoms with E-state index in [1.165, 1.54) is 0 Å². The summed E-state index contributed by atoms with van der Waals surface area (Å²) in [6.45, 7) is 0.167. The SMILES string of the molecule is NC1=NC(=O)C2C(=N1)NC(=O)CC2c1ccc2c(c1)OCO2. The Bertz CT molecular complexity index is 755. The van der Waals surface area contributed by atoms with Crippen molar-refractivity contribution >= 4 is 23.6 Å². The van der Waals surface area contributed by atoms with Gasteiger partial charge in [-0.1, -0.05) is 6.07 Å². The number of rotatable bonds is 1. The summed E-state index contributed by atoms with van der Waals surface area (Å²) < 4.78 is 10.6. The number of carbonyl (C=O) groups excluding carboxylic acids is 2. The maximum Gasteiger partial charge on any atom is 0.260 e. The smallest absolute Gasteiger partial charge is 0.260 e. The number of piperidine rings is 1. The molecular formula is C14H12N4O4. The molecule has 8 nitrogen and oxygen atoms in total. The third-order valence-electron chi connectivity index (χ3n) is 3.92. The van der Waals surface area contributed by atoms with Gasteiger partial charge in [0.25, 0.3) is 5.91 Å². The second-order valence-electron chi connectivity index (χ2n) is 5.25. The quantitative estimate of drug-likeness (QED) is 0.750. The van der Waals surface area contributed by atoms with Crippen LogP contribution in [-0.4, -0.2) is 30.4 Å². The third kappa shape index (κ3) is 1.92. The molecule has 0 spiro atoms. The van der Waals surface area contributed by atoms with Crippen LogP contribution in [0, 0.1) is 5.92 Å². The maximum absolute atomic E-state index is 12.2. The molecule has 0 saturated carbocycles. The number of aliphatic imine (C=N–C) groups is 2. The summed E-state index contributed by atoms with van der Waals surface area (Å²) in [4.78, 5) is 31.8. The Hall–Kier alpha value is -2.90. The van der Waals surface area contributed by atoms with E-state index >= 15 is 0 Å². The van der Waals surface area contributed by atoms with Crippen LogP contribution in [0.3, 0.4) is 0 Å². The second kappa shape index (κ2) is 4.55. The molecule has 0 bridgehead atoms. The number of carbonyl (C=O) groups is 2. The summed E-state index contributed by atoms with van der Waals surface area (Å²) in [5.41, 5.74) is 6.30. The highest BCUT2D eigenvalue weighted by Crippen LogP contribution is 2.39. The van der Waals surface area contributed by atoms with Crippen molar-refractivity contribution in [2.75, 3.05) is 6.79 Å². The molecule has 1 saturated heterocycles. The van der Waals surface area contributed by atoms with E-state index in [0.29, 0.717) is 11.5 Å². The summed E-state index contributed by atoms with van der Waals surface area (Å²) in [5, 5.41) is 2.60. The van der Waals surface area contributed by atoms with Crippen molar-refractivity contribution in [3.8, 4) is 11.5 Å². The van der Waals surface area contributed by atoms with Crippen LogP contribution in [0.1, 0.15) is 17.9 Å². The normalized spacial score (nSPS) is 26.0. The van der Waals surface area contributed by atoms with E-state index < -0.39 is 11.8 Å². The lowest BCUT2D eigenvalue weighted by Crippen LogP contribution is -2.50. The fourth-order valence-corrected chi connectivity index (χ4v) is 2.95. The summed E-state index contributed by atoms with van der Waals surface area (Å²) in [5.74, 6) is -0.218. The minimum Gasteiger partial charge on any atom is -0.454 e. The number of hydrogen-bond donors (Lipinski definition) is 2. The number of amidine groups is 1. The van der Waals surface area contributed by atoms with Crippen molar-refractivity contribution in [2.45, 2.75) is 12.3 Å². The number of nitrogens with zero attached hydrogens (tertiary/aromatic N) is 2. The molecule has 0 aromatic heterocycles. The number of nitrogens with two attached hydrogens (primary N) is 1. The largest absolute Gasteiger partial charge is 0.454 e. The van der Waals surface area contributed by atoms with E-state index in [4.69, 9.17) is 15.2 Å². The predicted octanol–water partition coefficient (Wildman–Crippen LogP) is -0.112. The standard InChI is InChI=1S/C14H12N4O4/c15-14-17-12-11(13(20)18-14)7(4-10(19)16-12)6-1-2-8-9(3-6)22-5-21-8/h1-3,7,11H,4-5H2,(H3,15,16,17,18,19,20). The zero-order valence-electron chi connectivity index (χ0n) is 11.4. The van der Waals surface area contributed by atoms with Gasteiger partial charge in [0.2, 0.25) is 18.7 Å². The Balaban J connectivity index is 1.75. The molecule has 1 aromatic rings. The van der Waals surface area contributed by atoms with Crippen molar-refractivity contribution in [1.82, 2.24) is 5.32 Å². The third-order valence-corrected chi connectivity index (χ3v) is 3.92. The second-order valence-corrected chi connectivity index (χ2v) is 5.25. The number of benzene rings is 1. The lowest BCUT2D eigenvalue weighted by atomic mass is 9.79. The van der Waals surface area contributed by atoms with E-state index in [0.717, 1.165) is 5.56 Å². The first-order valence-corrected chi connectivity index (χ1v) is 6.78. The van der Waals surface area contributed by atoms with Gasteiger partial charge in [0.15, 0.2) is 11.5 Å². The van der Waals surface area contributed by atoms with Gasteiger partial charge in [-0.25, -0.2) is 0 Å². The minimum atomic E-state index is -0.634. The fourth-order valence-electron chi connectivity index (χ4n) is 2.95. The van der Waals surface area contributed by atoms with Crippen LogP contribution in [0.5, 0.6) is 11.5 Å². The molecule has 0 radical (unpaired) electrons. The van der Waals surface area contributed by atoms with Crippen molar-refractivity contribution in [3.05, 3.63) is 23.8 Å². The van der Waals surface area contributed by atoms with E-state index in [2.05, 4.69) is 15.3 Å². The molecule has 3 aliphatic rings. The minimum absolute atomic E-state index is 0.136. The monoisotopic (exact) mass is 300 g/mol. The first kappa shape index (κ1) is 12.8. The van der Waals surface area contributed by atoms with E-state index in [1.54, 1.807) is 12.1 Å². The molecule has 8 heteroatoms. The van der Waals surface area contributed by atoms with Crippen molar-refractivity contribution < 1.29 is 19.1 Å². The lowest BCUT2D eigenvalue weighted by Gasteiger charge is -2.32. The maximum atomic E-state index is 12.2. The van der Waals surface area contributed by atoms with Gasteiger partial charge >= 0.3 is 0 Å². The van der Waals surface area contributed by atoms with Gasteiger partial charge < -0.3 is 20.5 Å². The predicted molar refractivity (Wildman–Crippen MR) is 75.6 cm³/mol. The van der Waals surface area contributed by atoms with Gasteiger partial charge in [0, 0.05) is 12.3 Å². The Morgan fingerprint density at radius 2 is 2.00 bits per heavy atom. The highest BCUT2D eigenvalue weighted by atomic mass is 16.7. The van der Waals surface area contributed by atoms with Crippen molar-refractivity contribution in [2.24, 2.45) is 21.6 Å². The number of amides is 2. The fraction of sp³-hybridized carbons (Fsp3) is 0.286. The Morgan fingerprint density at radius 3 is 2.86 bits per heavy atom. The lowest BCUT2D eigenvalue weighted by molar-refractivity contribution is -0.124. The molecule has 3 heterocycles. The number of guanidine groups is 1. The van der Waals surface area contributed by atoms with Gasteiger partial charge in [-0.05, 0) is 17.7 Å². The molecule has 1 aromatic carbocycles. The number of hydrogen-bond acceptors (Lipinski definition) is 6. The summed E-state index contributed by atoms with van der Waals surface area (Å²) in [7, 11) is 0. The number of nitrogens with one attached hydrogen (secondary N) is 1. The molecule has 3 N–H and O–H groups in total. The van der Waals surface area contributed by atoms with Gasteiger partial charge in [-0.2, -0.15) is 9.98 Å². The van der Waals surface area contributed by atoms with Crippen LogP contribution in [0.15, 0.2) is 28.2 Å².